The molecule has 0 amide bonds. The monoisotopic (exact) mass is 500 g/mol. The Labute approximate surface area is 227 Å². The first-order chi connectivity index (χ1) is 18.9. The third-order valence-electron chi connectivity index (χ3n) is 8.33. The zero-order chi connectivity index (χ0) is 26.3. The number of fused-ring (bicyclic) bond motifs is 2. The predicted molar refractivity (Wildman–Crippen MR) is 167 cm³/mol. The summed E-state index contributed by atoms with van der Waals surface area (Å²) in [7, 11) is 0. The van der Waals surface area contributed by atoms with E-state index >= 15 is 0 Å². The van der Waals surface area contributed by atoms with Gasteiger partial charge in [0, 0.05) is 10.9 Å². The summed E-state index contributed by atoms with van der Waals surface area (Å²) >= 11 is 0. The highest BCUT2D eigenvalue weighted by Crippen LogP contribution is 2.46. The quantitative estimate of drug-likeness (QED) is 0.215. The van der Waals surface area contributed by atoms with Crippen LogP contribution >= 0.6 is 0 Å². The van der Waals surface area contributed by atoms with Gasteiger partial charge >= 0.3 is 0 Å². The summed E-state index contributed by atoms with van der Waals surface area (Å²) in [4.78, 5) is 0. The van der Waals surface area contributed by atoms with Gasteiger partial charge in [-0.3, -0.25) is 0 Å². The van der Waals surface area contributed by atoms with Crippen molar-refractivity contribution in [2.75, 3.05) is 0 Å². The normalized spacial score (nSPS) is 12.5. The minimum atomic E-state index is 0.0835. The molecule has 0 bridgehead atoms. The molecule has 1 aromatic heterocycles. The topological polar surface area (TPSA) is 13.1 Å². The lowest BCUT2D eigenvalue weighted by Gasteiger charge is -2.22. The van der Waals surface area contributed by atoms with Crippen LogP contribution in [0.15, 0.2) is 120 Å². The molecule has 0 fully saturated rings. The summed E-state index contributed by atoms with van der Waals surface area (Å²) in [6, 6.07) is 42.2. The van der Waals surface area contributed by atoms with Gasteiger partial charge in [0.25, 0.3) is 0 Å². The van der Waals surface area contributed by atoms with Gasteiger partial charge in [-0.2, -0.15) is 0 Å². The molecule has 0 saturated carbocycles. The van der Waals surface area contributed by atoms with Crippen LogP contribution in [0.1, 0.15) is 26.3 Å². The van der Waals surface area contributed by atoms with Crippen LogP contribution in [0.25, 0.3) is 76.5 Å². The SMILES string of the molecule is CC(C)(C)c1cc2ccc3c(-c4ccc5ccccc5c4)cc(-c4cc5ccccc5o4)c4ccc(c1)c2c34. The van der Waals surface area contributed by atoms with E-state index in [4.69, 9.17) is 4.42 Å². The van der Waals surface area contributed by atoms with Gasteiger partial charge in [-0.25, -0.2) is 0 Å². The van der Waals surface area contributed by atoms with E-state index < -0.39 is 0 Å². The molecule has 8 rings (SSSR count). The zero-order valence-electron chi connectivity index (χ0n) is 22.4. The Bertz CT molecular complexity index is 2150. The Morgan fingerprint density at radius 3 is 1.85 bits per heavy atom. The molecule has 0 aliphatic heterocycles. The highest BCUT2D eigenvalue weighted by Gasteiger charge is 2.21. The fraction of sp³-hybridized carbons (Fsp3) is 0.105. The summed E-state index contributed by atoms with van der Waals surface area (Å²) in [5.41, 5.74) is 5.95. The first kappa shape index (κ1) is 22.4. The second-order valence-corrected chi connectivity index (χ2v) is 11.8. The summed E-state index contributed by atoms with van der Waals surface area (Å²) in [6.45, 7) is 6.87. The standard InChI is InChI=1S/C38H28O/c1-38(2,3)29-19-27-14-16-30-32(25-13-12-23-8-4-5-9-24(23)18-25)22-33(31-17-15-28(20-29)36(27)37(30)31)35-21-26-10-6-7-11-34(26)39-35/h4-22H,1-3H3. The van der Waals surface area contributed by atoms with Crippen LogP contribution in [-0.2, 0) is 5.41 Å². The van der Waals surface area contributed by atoms with Crippen molar-refractivity contribution in [1.82, 2.24) is 0 Å². The number of hydrogen-bond donors (Lipinski definition) is 0. The summed E-state index contributed by atoms with van der Waals surface area (Å²) in [6.07, 6.45) is 0. The van der Waals surface area contributed by atoms with Crippen LogP contribution in [0.4, 0.5) is 0 Å². The Hall–Kier alpha value is -4.62. The predicted octanol–water partition coefficient (Wildman–Crippen LogP) is 11.1. The number of hydrogen-bond acceptors (Lipinski definition) is 1. The largest absolute Gasteiger partial charge is 0.456 e. The second kappa shape index (κ2) is 7.94. The summed E-state index contributed by atoms with van der Waals surface area (Å²) in [5.74, 6) is 0.909. The number of furan rings is 1. The van der Waals surface area contributed by atoms with Crippen LogP contribution < -0.4 is 0 Å². The molecule has 1 heterocycles. The van der Waals surface area contributed by atoms with E-state index in [2.05, 4.69) is 124 Å². The van der Waals surface area contributed by atoms with E-state index in [1.807, 2.05) is 12.1 Å². The molecule has 0 spiro atoms. The van der Waals surface area contributed by atoms with Crippen molar-refractivity contribution in [2.45, 2.75) is 26.2 Å². The van der Waals surface area contributed by atoms with Crippen molar-refractivity contribution in [3.05, 3.63) is 121 Å². The van der Waals surface area contributed by atoms with Crippen molar-refractivity contribution in [2.24, 2.45) is 0 Å². The molecule has 0 atom stereocenters. The molecule has 0 unspecified atom stereocenters. The first-order valence-electron chi connectivity index (χ1n) is 13.7. The van der Waals surface area contributed by atoms with Gasteiger partial charge in [-0.05, 0) is 89.5 Å². The van der Waals surface area contributed by atoms with Crippen LogP contribution in [0.5, 0.6) is 0 Å². The van der Waals surface area contributed by atoms with Crippen LogP contribution in [-0.4, -0.2) is 0 Å². The molecular formula is C38H28O. The van der Waals surface area contributed by atoms with E-state index in [1.165, 1.54) is 59.8 Å². The maximum absolute atomic E-state index is 6.47. The fourth-order valence-electron chi connectivity index (χ4n) is 6.26. The van der Waals surface area contributed by atoms with Crippen LogP contribution in [0.3, 0.4) is 0 Å². The Morgan fingerprint density at radius 2 is 1.13 bits per heavy atom. The number of rotatable bonds is 2. The van der Waals surface area contributed by atoms with Crippen molar-refractivity contribution in [3.63, 3.8) is 0 Å². The van der Waals surface area contributed by atoms with Gasteiger partial charge in [-0.1, -0.05) is 112 Å². The first-order valence-corrected chi connectivity index (χ1v) is 13.7. The van der Waals surface area contributed by atoms with Gasteiger partial charge in [-0.15, -0.1) is 0 Å². The van der Waals surface area contributed by atoms with Crippen molar-refractivity contribution in [1.29, 1.82) is 0 Å². The molecule has 8 aromatic rings. The second-order valence-electron chi connectivity index (χ2n) is 11.8. The maximum Gasteiger partial charge on any atom is 0.136 e. The van der Waals surface area contributed by atoms with Gasteiger partial charge in [0.1, 0.15) is 11.3 Å². The van der Waals surface area contributed by atoms with Gasteiger partial charge in [0.05, 0.1) is 0 Å². The zero-order valence-corrected chi connectivity index (χ0v) is 22.4. The van der Waals surface area contributed by atoms with Gasteiger partial charge in [0.15, 0.2) is 0 Å². The molecule has 0 N–H and O–H groups in total. The smallest absolute Gasteiger partial charge is 0.136 e. The molecule has 186 valence electrons. The lowest BCUT2D eigenvalue weighted by molar-refractivity contribution is 0.591. The number of benzene rings is 7. The van der Waals surface area contributed by atoms with Crippen LogP contribution in [0, 0.1) is 0 Å². The minimum absolute atomic E-state index is 0.0835. The van der Waals surface area contributed by atoms with E-state index in [0.29, 0.717) is 0 Å². The van der Waals surface area contributed by atoms with Crippen molar-refractivity contribution in [3.8, 4) is 22.5 Å². The molecular weight excluding hydrogens is 472 g/mol. The maximum atomic E-state index is 6.47. The minimum Gasteiger partial charge on any atom is -0.456 e. The Kier molecular flexibility index (Phi) is 4.56. The Balaban J connectivity index is 1.51. The van der Waals surface area contributed by atoms with Gasteiger partial charge in [0.2, 0.25) is 0 Å². The highest BCUT2D eigenvalue weighted by molar-refractivity contribution is 6.28. The number of para-hydroxylation sites is 1. The lowest BCUT2D eigenvalue weighted by Crippen LogP contribution is -2.10. The molecule has 0 saturated heterocycles. The van der Waals surface area contributed by atoms with Crippen molar-refractivity contribution < 1.29 is 4.42 Å². The average molecular weight is 501 g/mol. The molecule has 0 radical (unpaired) electrons. The molecule has 7 aromatic carbocycles. The molecule has 0 aliphatic carbocycles. The molecule has 39 heavy (non-hydrogen) atoms. The third-order valence-corrected chi connectivity index (χ3v) is 8.33. The average Bonchev–Trinajstić information content (AvgIpc) is 3.39. The molecule has 0 aliphatic rings. The Morgan fingerprint density at radius 1 is 0.487 bits per heavy atom. The molecule has 1 heteroatoms. The van der Waals surface area contributed by atoms with E-state index in [0.717, 1.165) is 22.3 Å². The third kappa shape index (κ3) is 3.40. The van der Waals surface area contributed by atoms with Crippen LogP contribution in [0.2, 0.25) is 0 Å². The lowest BCUT2D eigenvalue weighted by atomic mass is 9.82. The van der Waals surface area contributed by atoms with E-state index in [9.17, 15) is 0 Å². The highest BCUT2D eigenvalue weighted by atomic mass is 16.3. The van der Waals surface area contributed by atoms with Gasteiger partial charge < -0.3 is 4.42 Å². The fourth-order valence-corrected chi connectivity index (χ4v) is 6.26. The summed E-state index contributed by atoms with van der Waals surface area (Å²) in [5, 5.41) is 11.4. The van der Waals surface area contributed by atoms with E-state index in [1.54, 1.807) is 0 Å². The molecule has 1 nitrogen and oxygen atoms in total. The summed E-state index contributed by atoms with van der Waals surface area (Å²) < 4.78 is 6.47. The van der Waals surface area contributed by atoms with E-state index in [-0.39, 0.29) is 5.41 Å². The van der Waals surface area contributed by atoms with Crippen molar-refractivity contribution >= 4 is 54.1 Å².